The summed E-state index contributed by atoms with van der Waals surface area (Å²) < 4.78 is 26.9. The van der Waals surface area contributed by atoms with Gasteiger partial charge in [-0.05, 0) is 50.1 Å². The predicted molar refractivity (Wildman–Crippen MR) is 83.3 cm³/mol. The fourth-order valence-corrected chi connectivity index (χ4v) is 3.07. The summed E-state index contributed by atoms with van der Waals surface area (Å²) in [5.41, 5.74) is 2.15. The van der Waals surface area contributed by atoms with Crippen LogP contribution in [0.1, 0.15) is 31.7 Å². The number of piperidine rings is 1. The van der Waals surface area contributed by atoms with Gasteiger partial charge in [0.05, 0.1) is 0 Å². The molecule has 0 N–H and O–H groups in total. The molecule has 1 atom stereocenters. The summed E-state index contributed by atoms with van der Waals surface area (Å²) >= 11 is 0. The Balaban J connectivity index is 1.83. The minimum absolute atomic E-state index is 0.391. The highest BCUT2D eigenvalue weighted by atomic mass is 19.1. The second-order valence-electron chi connectivity index (χ2n) is 6.02. The van der Waals surface area contributed by atoms with Gasteiger partial charge in [0.1, 0.15) is 11.6 Å². The molecule has 22 heavy (non-hydrogen) atoms. The van der Waals surface area contributed by atoms with Crippen molar-refractivity contribution in [3.05, 3.63) is 53.9 Å². The maximum atomic E-state index is 13.9. The molecule has 1 fully saturated rings. The Kier molecular flexibility index (Phi) is 4.48. The van der Waals surface area contributed by atoms with Gasteiger partial charge in [-0.15, -0.1) is 0 Å². The number of rotatable bonds is 3. The van der Waals surface area contributed by atoms with Crippen molar-refractivity contribution in [2.75, 3.05) is 6.54 Å². The summed E-state index contributed by atoms with van der Waals surface area (Å²) in [4.78, 5) is 6.66. The molecule has 116 valence electrons. The lowest BCUT2D eigenvalue weighted by Crippen LogP contribution is -2.36. The maximum Gasteiger partial charge on any atom is 0.133 e. The monoisotopic (exact) mass is 302 g/mol. The molecule has 1 saturated heterocycles. The van der Waals surface area contributed by atoms with Crippen molar-refractivity contribution < 1.29 is 8.78 Å². The fraction of sp³-hybridized carbons (Fsp3) is 0.389. The molecule has 1 aromatic heterocycles. The van der Waals surface area contributed by atoms with Crippen LogP contribution in [0.25, 0.3) is 11.1 Å². The quantitative estimate of drug-likeness (QED) is 0.835. The zero-order chi connectivity index (χ0) is 15.5. The van der Waals surface area contributed by atoms with Gasteiger partial charge in [-0.2, -0.15) is 0 Å². The number of nitrogens with zero attached hydrogens (tertiary/aromatic N) is 2. The van der Waals surface area contributed by atoms with E-state index in [2.05, 4.69) is 16.8 Å². The van der Waals surface area contributed by atoms with Gasteiger partial charge in [0.25, 0.3) is 0 Å². The first-order chi connectivity index (χ1) is 10.6. The van der Waals surface area contributed by atoms with E-state index in [1.54, 1.807) is 6.20 Å². The van der Waals surface area contributed by atoms with Crippen LogP contribution in [0.2, 0.25) is 0 Å². The summed E-state index contributed by atoms with van der Waals surface area (Å²) in [6.07, 6.45) is 7.19. The average Bonchev–Trinajstić information content (AvgIpc) is 2.50. The summed E-state index contributed by atoms with van der Waals surface area (Å²) in [6.45, 7) is 4.16. The Hall–Kier alpha value is -1.81. The molecule has 2 heterocycles. The standard InChI is InChI=1S/C18H20F2N2/c1-13-4-2-3-7-22(13)12-14-8-15(11-21-10-14)17-6-5-16(19)9-18(17)20/h5-6,8-11,13H,2-4,7,12H2,1H3/t13-/m0/s1. The minimum Gasteiger partial charge on any atom is -0.296 e. The molecule has 1 aromatic carbocycles. The topological polar surface area (TPSA) is 16.1 Å². The third-order valence-electron chi connectivity index (χ3n) is 4.36. The van der Waals surface area contributed by atoms with Gasteiger partial charge in [-0.3, -0.25) is 9.88 Å². The van der Waals surface area contributed by atoms with Crippen molar-refractivity contribution in [3.63, 3.8) is 0 Å². The smallest absolute Gasteiger partial charge is 0.133 e. The van der Waals surface area contributed by atoms with Crippen molar-refractivity contribution in [2.45, 2.75) is 38.8 Å². The number of pyridine rings is 1. The Labute approximate surface area is 129 Å². The second-order valence-corrected chi connectivity index (χ2v) is 6.02. The highest BCUT2D eigenvalue weighted by Gasteiger charge is 2.18. The van der Waals surface area contributed by atoms with Crippen LogP contribution in [0.5, 0.6) is 0 Å². The Morgan fingerprint density at radius 2 is 2.05 bits per heavy atom. The molecule has 1 aliphatic heterocycles. The minimum atomic E-state index is -0.562. The lowest BCUT2D eigenvalue weighted by atomic mass is 10.0. The molecule has 0 aliphatic carbocycles. The first kappa shape index (κ1) is 15.1. The zero-order valence-electron chi connectivity index (χ0n) is 12.7. The van der Waals surface area contributed by atoms with E-state index in [1.165, 1.54) is 31.4 Å². The van der Waals surface area contributed by atoms with E-state index in [0.29, 0.717) is 17.2 Å². The lowest BCUT2D eigenvalue weighted by Gasteiger charge is -2.33. The largest absolute Gasteiger partial charge is 0.296 e. The van der Waals surface area contributed by atoms with Crippen LogP contribution in [0.4, 0.5) is 8.78 Å². The number of aromatic nitrogens is 1. The SMILES string of the molecule is C[C@H]1CCCCN1Cc1cncc(-c2ccc(F)cc2F)c1. The van der Waals surface area contributed by atoms with Gasteiger partial charge in [0.2, 0.25) is 0 Å². The van der Waals surface area contributed by atoms with Crippen molar-refractivity contribution in [1.29, 1.82) is 0 Å². The molecular formula is C18H20F2N2. The Bertz CT molecular complexity index is 657. The van der Waals surface area contributed by atoms with Gasteiger partial charge in [-0.25, -0.2) is 8.78 Å². The molecule has 0 unspecified atom stereocenters. The normalized spacial score (nSPS) is 19.3. The van der Waals surface area contributed by atoms with Crippen molar-refractivity contribution in [1.82, 2.24) is 9.88 Å². The fourth-order valence-electron chi connectivity index (χ4n) is 3.07. The molecule has 0 radical (unpaired) electrons. The molecule has 2 nitrogen and oxygen atoms in total. The molecule has 0 spiro atoms. The molecule has 1 aliphatic rings. The maximum absolute atomic E-state index is 13.9. The number of likely N-dealkylation sites (tertiary alicyclic amines) is 1. The van der Waals surface area contributed by atoms with Crippen molar-refractivity contribution in [3.8, 4) is 11.1 Å². The summed E-state index contributed by atoms with van der Waals surface area (Å²) in [6, 6.07) is 6.17. The molecule has 2 aromatic rings. The second kappa shape index (κ2) is 6.53. The first-order valence-corrected chi connectivity index (χ1v) is 7.77. The van der Waals surface area contributed by atoms with E-state index in [-0.39, 0.29) is 0 Å². The summed E-state index contributed by atoms with van der Waals surface area (Å²) in [5, 5.41) is 0. The van der Waals surface area contributed by atoms with E-state index in [1.807, 2.05) is 12.3 Å². The van der Waals surface area contributed by atoms with Gasteiger partial charge in [0, 0.05) is 42.2 Å². The third-order valence-corrected chi connectivity index (χ3v) is 4.36. The van der Waals surface area contributed by atoms with E-state index < -0.39 is 11.6 Å². The van der Waals surface area contributed by atoms with E-state index in [0.717, 1.165) is 24.7 Å². The van der Waals surface area contributed by atoms with Crippen LogP contribution < -0.4 is 0 Å². The van der Waals surface area contributed by atoms with Crippen LogP contribution in [0.15, 0.2) is 36.7 Å². The predicted octanol–water partition coefficient (Wildman–Crippen LogP) is 4.40. The van der Waals surface area contributed by atoms with Gasteiger partial charge >= 0.3 is 0 Å². The van der Waals surface area contributed by atoms with Crippen molar-refractivity contribution >= 4 is 0 Å². The van der Waals surface area contributed by atoms with Crippen LogP contribution >= 0.6 is 0 Å². The third kappa shape index (κ3) is 3.33. The summed E-state index contributed by atoms with van der Waals surface area (Å²) in [5.74, 6) is -1.11. The molecule has 3 rings (SSSR count). The van der Waals surface area contributed by atoms with E-state index in [4.69, 9.17) is 0 Å². The summed E-state index contributed by atoms with van der Waals surface area (Å²) in [7, 11) is 0. The first-order valence-electron chi connectivity index (χ1n) is 7.77. The van der Waals surface area contributed by atoms with E-state index in [9.17, 15) is 8.78 Å². The van der Waals surface area contributed by atoms with Gasteiger partial charge in [-0.1, -0.05) is 6.42 Å². The van der Waals surface area contributed by atoms with Crippen LogP contribution in [0.3, 0.4) is 0 Å². The zero-order valence-corrected chi connectivity index (χ0v) is 12.7. The van der Waals surface area contributed by atoms with Gasteiger partial charge in [0.15, 0.2) is 0 Å². The Morgan fingerprint density at radius 3 is 2.82 bits per heavy atom. The molecule has 0 bridgehead atoms. The Morgan fingerprint density at radius 1 is 1.18 bits per heavy atom. The molecule has 0 saturated carbocycles. The van der Waals surface area contributed by atoms with Crippen LogP contribution in [-0.2, 0) is 6.54 Å². The molecular weight excluding hydrogens is 282 g/mol. The number of benzene rings is 1. The highest BCUT2D eigenvalue weighted by molar-refractivity contribution is 5.63. The van der Waals surface area contributed by atoms with Crippen molar-refractivity contribution in [2.24, 2.45) is 0 Å². The lowest BCUT2D eigenvalue weighted by molar-refractivity contribution is 0.152. The van der Waals surface area contributed by atoms with E-state index >= 15 is 0 Å². The van der Waals surface area contributed by atoms with Crippen LogP contribution in [0, 0.1) is 11.6 Å². The average molecular weight is 302 g/mol. The molecule has 0 amide bonds. The molecule has 4 heteroatoms. The van der Waals surface area contributed by atoms with Crippen LogP contribution in [-0.4, -0.2) is 22.5 Å². The number of hydrogen-bond donors (Lipinski definition) is 0. The van der Waals surface area contributed by atoms with Gasteiger partial charge < -0.3 is 0 Å². The highest BCUT2D eigenvalue weighted by Crippen LogP contribution is 2.25. The number of halogens is 2. The number of hydrogen-bond acceptors (Lipinski definition) is 2.